The summed E-state index contributed by atoms with van der Waals surface area (Å²) < 4.78 is 0. The SMILES string of the molecule is Cc1cccc(Cl)c1NC(=O)CCC(O)c1cccc(-c2ccccc2)c1. The second-order valence-electron chi connectivity index (χ2n) is 6.53. The number of para-hydroxylation sites is 1. The number of carbonyl (C=O) groups is 1. The van der Waals surface area contributed by atoms with Crippen molar-refractivity contribution in [3.8, 4) is 11.1 Å². The van der Waals surface area contributed by atoms with Crippen LogP contribution in [0.2, 0.25) is 5.02 Å². The molecule has 0 radical (unpaired) electrons. The molecule has 0 aliphatic rings. The fraction of sp³-hybridized carbons (Fsp3) is 0.174. The molecule has 0 aromatic heterocycles. The zero-order chi connectivity index (χ0) is 19.2. The van der Waals surface area contributed by atoms with Gasteiger partial charge in [-0.1, -0.05) is 72.3 Å². The van der Waals surface area contributed by atoms with Crippen molar-refractivity contribution in [2.45, 2.75) is 25.9 Å². The minimum atomic E-state index is -0.702. The number of nitrogens with one attached hydrogen (secondary N) is 1. The van der Waals surface area contributed by atoms with Gasteiger partial charge in [-0.15, -0.1) is 0 Å². The average Bonchev–Trinajstić information content (AvgIpc) is 2.70. The van der Waals surface area contributed by atoms with Crippen LogP contribution in [-0.2, 0) is 4.79 Å². The van der Waals surface area contributed by atoms with Crippen LogP contribution in [0.4, 0.5) is 5.69 Å². The van der Waals surface area contributed by atoms with E-state index in [9.17, 15) is 9.90 Å². The molecule has 3 aromatic rings. The van der Waals surface area contributed by atoms with Crippen LogP contribution in [-0.4, -0.2) is 11.0 Å². The number of anilines is 1. The normalized spacial score (nSPS) is 11.8. The number of benzene rings is 3. The summed E-state index contributed by atoms with van der Waals surface area (Å²) in [5.41, 5.74) is 4.48. The van der Waals surface area contributed by atoms with Crippen molar-refractivity contribution in [1.82, 2.24) is 0 Å². The van der Waals surface area contributed by atoms with Crippen LogP contribution in [0.3, 0.4) is 0 Å². The largest absolute Gasteiger partial charge is 0.388 e. The van der Waals surface area contributed by atoms with Crippen LogP contribution < -0.4 is 5.32 Å². The summed E-state index contributed by atoms with van der Waals surface area (Å²) in [6, 6.07) is 23.3. The first-order chi connectivity index (χ1) is 13.0. The van der Waals surface area contributed by atoms with E-state index in [1.807, 2.05) is 73.7 Å². The molecule has 0 saturated heterocycles. The van der Waals surface area contributed by atoms with Gasteiger partial charge in [0.05, 0.1) is 16.8 Å². The molecule has 0 aliphatic heterocycles. The molecule has 1 unspecified atom stereocenters. The van der Waals surface area contributed by atoms with Gasteiger partial charge in [0.25, 0.3) is 0 Å². The topological polar surface area (TPSA) is 49.3 Å². The van der Waals surface area contributed by atoms with Gasteiger partial charge >= 0.3 is 0 Å². The average molecular weight is 380 g/mol. The maximum atomic E-state index is 12.3. The van der Waals surface area contributed by atoms with E-state index in [4.69, 9.17) is 11.6 Å². The predicted molar refractivity (Wildman–Crippen MR) is 111 cm³/mol. The third kappa shape index (κ3) is 4.97. The molecule has 27 heavy (non-hydrogen) atoms. The standard InChI is InChI=1S/C23H22ClNO2/c1-16-7-5-12-20(24)23(16)25-22(27)14-13-21(26)19-11-6-10-18(15-19)17-8-3-2-4-9-17/h2-12,15,21,26H,13-14H2,1H3,(H,25,27). The second-order valence-corrected chi connectivity index (χ2v) is 6.93. The minimum absolute atomic E-state index is 0.163. The molecular weight excluding hydrogens is 358 g/mol. The van der Waals surface area contributed by atoms with Gasteiger partial charge in [0.2, 0.25) is 5.91 Å². The van der Waals surface area contributed by atoms with Crippen molar-refractivity contribution in [2.75, 3.05) is 5.32 Å². The smallest absolute Gasteiger partial charge is 0.224 e. The lowest BCUT2D eigenvalue weighted by molar-refractivity contribution is -0.116. The Morgan fingerprint density at radius 2 is 1.70 bits per heavy atom. The zero-order valence-electron chi connectivity index (χ0n) is 15.2. The van der Waals surface area contributed by atoms with Gasteiger partial charge in [-0.2, -0.15) is 0 Å². The van der Waals surface area contributed by atoms with Gasteiger partial charge < -0.3 is 10.4 Å². The van der Waals surface area contributed by atoms with Gasteiger partial charge in [0.1, 0.15) is 0 Å². The summed E-state index contributed by atoms with van der Waals surface area (Å²) in [6.45, 7) is 1.89. The number of halogens is 1. The molecule has 0 heterocycles. The monoisotopic (exact) mass is 379 g/mol. The van der Waals surface area contributed by atoms with Crippen molar-refractivity contribution in [2.24, 2.45) is 0 Å². The molecule has 1 atom stereocenters. The number of hydrogen-bond acceptors (Lipinski definition) is 2. The highest BCUT2D eigenvalue weighted by molar-refractivity contribution is 6.33. The Kier molecular flexibility index (Phi) is 6.28. The van der Waals surface area contributed by atoms with Crippen molar-refractivity contribution in [3.05, 3.63) is 88.9 Å². The van der Waals surface area contributed by atoms with E-state index in [0.29, 0.717) is 17.1 Å². The van der Waals surface area contributed by atoms with Crippen molar-refractivity contribution < 1.29 is 9.90 Å². The Labute approximate surface area is 164 Å². The number of rotatable bonds is 6. The Morgan fingerprint density at radius 1 is 1.00 bits per heavy atom. The molecule has 3 nitrogen and oxygen atoms in total. The third-order valence-corrected chi connectivity index (χ3v) is 4.82. The predicted octanol–water partition coefficient (Wildman–Crippen LogP) is 5.77. The summed E-state index contributed by atoms with van der Waals surface area (Å²) in [4.78, 5) is 12.3. The van der Waals surface area contributed by atoms with E-state index in [1.54, 1.807) is 6.07 Å². The number of carbonyl (C=O) groups excluding carboxylic acids is 1. The Morgan fingerprint density at radius 3 is 2.44 bits per heavy atom. The Balaban J connectivity index is 1.62. The van der Waals surface area contributed by atoms with Crippen LogP contribution in [0.1, 0.15) is 30.1 Å². The van der Waals surface area contributed by atoms with Gasteiger partial charge in [0, 0.05) is 6.42 Å². The molecular formula is C23H22ClNO2. The fourth-order valence-electron chi connectivity index (χ4n) is 2.98. The highest BCUT2D eigenvalue weighted by Gasteiger charge is 2.13. The number of aliphatic hydroxyl groups excluding tert-OH is 1. The summed E-state index contributed by atoms with van der Waals surface area (Å²) in [6.07, 6.45) is -0.152. The molecule has 0 fully saturated rings. The number of aliphatic hydroxyl groups is 1. The minimum Gasteiger partial charge on any atom is -0.388 e. The third-order valence-electron chi connectivity index (χ3n) is 4.51. The molecule has 0 aliphatic carbocycles. The summed E-state index contributed by atoms with van der Waals surface area (Å²) in [5, 5.41) is 13.9. The highest BCUT2D eigenvalue weighted by atomic mass is 35.5. The number of hydrogen-bond donors (Lipinski definition) is 2. The quantitative estimate of drug-likeness (QED) is 0.571. The first-order valence-electron chi connectivity index (χ1n) is 8.93. The van der Waals surface area contributed by atoms with Crippen LogP contribution in [0.5, 0.6) is 0 Å². The molecule has 0 bridgehead atoms. The van der Waals surface area contributed by atoms with Crippen molar-refractivity contribution in [3.63, 3.8) is 0 Å². The molecule has 3 aromatic carbocycles. The van der Waals surface area contributed by atoms with E-state index in [0.717, 1.165) is 22.3 Å². The first-order valence-corrected chi connectivity index (χ1v) is 9.31. The summed E-state index contributed by atoms with van der Waals surface area (Å²) >= 11 is 6.14. The summed E-state index contributed by atoms with van der Waals surface area (Å²) in [5.74, 6) is -0.163. The lowest BCUT2D eigenvalue weighted by Gasteiger charge is -2.14. The molecule has 4 heteroatoms. The zero-order valence-corrected chi connectivity index (χ0v) is 15.9. The molecule has 0 saturated carbocycles. The first kappa shape index (κ1) is 19.2. The van der Waals surface area contributed by atoms with E-state index in [1.165, 1.54) is 0 Å². The van der Waals surface area contributed by atoms with Gasteiger partial charge in [-0.25, -0.2) is 0 Å². The molecule has 3 rings (SSSR count). The van der Waals surface area contributed by atoms with Crippen LogP contribution in [0, 0.1) is 6.92 Å². The fourth-order valence-corrected chi connectivity index (χ4v) is 3.25. The van der Waals surface area contributed by atoms with E-state index in [2.05, 4.69) is 5.32 Å². The van der Waals surface area contributed by atoms with E-state index in [-0.39, 0.29) is 12.3 Å². The van der Waals surface area contributed by atoms with Crippen molar-refractivity contribution >= 4 is 23.2 Å². The lowest BCUT2D eigenvalue weighted by atomic mass is 9.98. The molecule has 138 valence electrons. The highest BCUT2D eigenvalue weighted by Crippen LogP contribution is 2.27. The molecule has 0 spiro atoms. The second kappa shape index (κ2) is 8.85. The van der Waals surface area contributed by atoms with Crippen LogP contribution >= 0.6 is 11.6 Å². The van der Waals surface area contributed by atoms with Gasteiger partial charge in [0.15, 0.2) is 0 Å². The Hall–Kier alpha value is -2.62. The van der Waals surface area contributed by atoms with Crippen LogP contribution in [0.15, 0.2) is 72.8 Å². The Bertz CT molecular complexity index is 904. The van der Waals surface area contributed by atoms with Gasteiger partial charge in [-0.3, -0.25) is 4.79 Å². The summed E-state index contributed by atoms with van der Waals surface area (Å²) in [7, 11) is 0. The molecule has 2 N–H and O–H groups in total. The number of aryl methyl sites for hydroxylation is 1. The lowest BCUT2D eigenvalue weighted by Crippen LogP contribution is -2.14. The molecule has 1 amide bonds. The number of amides is 1. The van der Waals surface area contributed by atoms with E-state index < -0.39 is 6.10 Å². The van der Waals surface area contributed by atoms with Crippen molar-refractivity contribution in [1.29, 1.82) is 0 Å². The van der Waals surface area contributed by atoms with Crippen LogP contribution in [0.25, 0.3) is 11.1 Å². The van der Waals surface area contributed by atoms with E-state index >= 15 is 0 Å². The maximum Gasteiger partial charge on any atom is 0.224 e. The maximum absolute atomic E-state index is 12.3. The van der Waals surface area contributed by atoms with Gasteiger partial charge in [-0.05, 0) is 47.7 Å².